The van der Waals surface area contributed by atoms with E-state index < -0.39 is 0 Å². The number of piperidine rings is 1. The van der Waals surface area contributed by atoms with Crippen molar-refractivity contribution in [1.29, 1.82) is 0 Å². The van der Waals surface area contributed by atoms with Gasteiger partial charge in [-0.05, 0) is 74.9 Å². The number of likely N-dealkylation sites (tertiary alicyclic amines) is 1. The van der Waals surface area contributed by atoms with Gasteiger partial charge in [0.05, 0.1) is 18.1 Å². The van der Waals surface area contributed by atoms with Gasteiger partial charge in [-0.15, -0.1) is 0 Å². The minimum atomic E-state index is 0.0182. The largest absolute Gasteiger partial charge is 0.462 e. The Labute approximate surface area is 192 Å². The van der Waals surface area contributed by atoms with Gasteiger partial charge in [-0.1, -0.05) is 37.3 Å². The second kappa shape index (κ2) is 8.11. The molecule has 5 aliphatic rings. The van der Waals surface area contributed by atoms with Crippen LogP contribution in [0.25, 0.3) is 0 Å². The van der Waals surface area contributed by atoms with Crippen molar-refractivity contribution in [2.75, 3.05) is 26.2 Å². The number of fused-ring (bicyclic) bond motifs is 3. The normalized spacial score (nSPS) is 41.8. The van der Waals surface area contributed by atoms with Gasteiger partial charge >= 0.3 is 5.97 Å². The van der Waals surface area contributed by atoms with E-state index in [2.05, 4.69) is 47.5 Å². The van der Waals surface area contributed by atoms with E-state index >= 15 is 0 Å². The average Bonchev–Trinajstić information content (AvgIpc) is 3.49. The van der Waals surface area contributed by atoms with Crippen molar-refractivity contribution >= 4 is 5.97 Å². The van der Waals surface area contributed by atoms with Crippen molar-refractivity contribution in [3.63, 3.8) is 0 Å². The summed E-state index contributed by atoms with van der Waals surface area (Å²) in [5.41, 5.74) is 1.81. The molecule has 174 valence electrons. The molecular formula is C27H38N2O3. The third-order valence-electron chi connectivity index (χ3n) is 9.54. The van der Waals surface area contributed by atoms with Gasteiger partial charge in [0.1, 0.15) is 6.10 Å². The van der Waals surface area contributed by atoms with Crippen molar-refractivity contribution in [2.24, 2.45) is 23.2 Å². The molecule has 6 rings (SSSR count). The Balaban J connectivity index is 1.04. The molecule has 0 bridgehead atoms. The smallest absolute Gasteiger partial charge is 0.310 e. The molecule has 1 N–H and O–H groups in total. The fourth-order valence-corrected chi connectivity index (χ4v) is 7.62. The van der Waals surface area contributed by atoms with Crippen LogP contribution in [0.5, 0.6) is 0 Å². The number of esters is 1. The summed E-state index contributed by atoms with van der Waals surface area (Å²) < 4.78 is 12.0. The number of nitrogens with zero attached hydrogens (tertiary/aromatic N) is 1. The first-order chi connectivity index (χ1) is 15.5. The fraction of sp³-hybridized carbons (Fsp3) is 0.741. The Morgan fingerprint density at radius 2 is 1.94 bits per heavy atom. The Kier molecular flexibility index (Phi) is 5.35. The molecule has 0 aromatic heterocycles. The highest BCUT2D eigenvalue weighted by Crippen LogP contribution is 2.62. The van der Waals surface area contributed by atoms with Gasteiger partial charge in [0.25, 0.3) is 0 Å². The number of epoxide rings is 1. The number of carbonyl (C=O) groups is 1. The zero-order valence-corrected chi connectivity index (χ0v) is 19.4. The molecule has 5 nitrogen and oxygen atoms in total. The van der Waals surface area contributed by atoms with Crippen LogP contribution in [0.4, 0.5) is 0 Å². The van der Waals surface area contributed by atoms with Crippen molar-refractivity contribution < 1.29 is 14.3 Å². The molecular weight excluding hydrogens is 400 g/mol. The first-order valence-corrected chi connectivity index (χ1v) is 12.9. The summed E-state index contributed by atoms with van der Waals surface area (Å²) in [5.74, 6) is 1.03. The number of nitrogens with one attached hydrogen (secondary N) is 1. The van der Waals surface area contributed by atoms with Crippen molar-refractivity contribution in [1.82, 2.24) is 10.2 Å². The van der Waals surface area contributed by atoms with Gasteiger partial charge < -0.3 is 14.8 Å². The van der Waals surface area contributed by atoms with E-state index in [0.29, 0.717) is 17.9 Å². The first-order valence-electron chi connectivity index (χ1n) is 12.9. The van der Waals surface area contributed by atoms with Crippen LogP contribution in [-0.2, 0) is 20.8 Å². The fourth-order valence-electron chi connectivity index (χ4n) is 7.62. The molecule has 1 aromatic carbocycles. The quantitative estimate of drug-likeness (QED) is 0.560. The van der Waals surface area contributed by atoms with E-state index in [1.807, 2.05) is 0 Å². The summed E-state index contributed by atoms with van der Waals surface area (Å²) >= 11 is 0. The lowest BCUT2D eigenvalue weighted by Crippen LogP contribution is -2.51. The van der Waals surface area contributed by atoms with Crippen LogP contribution in [0, 0.1) is 23.2 Å². The summed E-state index contributed by atoms with van der Waals surface area (Å²) in [7, 11) is 0. The Hall–Kier alpha value is -1.43. The molecule has 0 radical (unpaired) electrons. The van der Waals surface area contributed by atoms with Crippen LogP contribution in [0.3, 0.4) is 0 Å². The van der Waals surface area contributed by atoms with Crippen LogP contribution in [-0.4, -0.2) is 54.9 Å². The van der Waals surface area contributed by atoms with Gasteiger partial charge in [-0.25, -0.2) is 0 Å². The third-order valence-corrected chi connectivity index (χ3v) is 9.54. The maximum atomic E-state index is 12.9. The Bertz CT molecular complexity index is 833. The number of hydrogen-bond acceptors (Lipinski definition) is 5. The second-order valence-electron chi connectivity index (χ2n) is 11.5. The molecule has 32 heavy (non-hydrogen) atoms. The van der Waals surface area contributed by atoms with Gasteiger partial charge in [0, 0.05) is 25.0 Å². The zero-order chi connectivity index (χ0) is 21.8. The van der Waals surface area contributed by atoms with Crippen molar-refractivity contribution in [3.05, 3.63) is 35.9 Å². The highest BCUT2D eigenvalue weighted by molar-refractivity contribution is 5.75. The molecule has 3 heterocycles. The lowest BCUT2D eigenvalue weighted by Gasteiger charge is -2.51. The van der Waals surface area contributed by atoms with Gasteiger partial charge in [-0.2, -0.15) is 0 Å². The molecule has 1 aromatic rings. The zero-order valence-electron chi connectivity index (χ0n) is 19.4. The van der Waals surface area contributed by atoms with Gasteiger partial charge in [-0.3, -0.25) is 9.69 Å². The van der Waals surface area contributed by atoms with Crippen LogP contribution in [0.15, 0.2) is 30.3 Å². The van der Waals surface area contributed by atoms with Crippen LogP contribution in [0.1, 0.15) is 57.4 Å². The second-order valence-corrected chi connectivity index (χ2v) is 11.5. The van der Waals surface area contributed by atoms with E-state index in [9.17, 15) is 4.79 Å². The number of benzene rings is 1. The summed E-state index contributed by atoms with van der Waals surface area (Å²) in [6.07, 6.45) is 8.30. The molecule has 2 saturated carbocycles. The summed E-state index contributed by atoms with van der Waals surface area (Å²) in [5, 5.41) is 3.77. The van der Waals surface area contributed by atoms with E-state index in [1.165, 1.54) is 24.8 Å². The first kappa shape index (κ1) is 21.1. The van der Waals surface area contributed by atoms with Gasteiger partial charge in [0.15, 0.2) is 0 Å². The molecule has 5 heteroatoms. The Morgan fingerprint density at radius 3 is 2.69 bits per heavy atom. The van der Waals surface area contributed by atoms with Gasteiger partial charge in [0.2, 0.25) is 0 Å². The number of hydrogen-bond donors (Lipinski definition) is 1. The molecule has 2 aliphatic carbocycles. The third kappa shape index (κ3) is 3.80. The molecule has 3 aliphatic heterocycles. The van der Waals surface area contributed by atoms with Crippen LogP contribution in [0.2, 0.25) is 0 Å². The predicted octanol–water partition coefficient (Wildman–Crippen LogP) is 3.77. The summed E-state index contributed by atoms with van der Waals surface area (Å²) in [6.45, 7) is 7.42. The predicted molar refractivity (Wildman–Crippen MR) is 123 cm³/mol. The highest BCUT2D eigenvalue weighted by atomic mass is 16.6. The minimum absolute atomic E-state index is 0.0182. The average molecular weight is 439 g/mol. The molecule has 6 atom stereocenters. The topological polar surface area (TPSA) is 54.1 Å². The monoisotopic (exact) mass is 438 g/mol. The van der Waals surface area contributed by atoms with E-state index in [0.717, 1.165) is 58.5 Å². The lowest BCUT2D eigenvalue weighted by atomic mass is 9.53. The standard InChI is InChI=1S/C27H38N2O3/c1-26-10-5-11-27(18-31-27)24(26)14-21-22(25(30)32-23(21)15-26)16-28-20-8-12-29(13-9-20)17-19-6-3-2-4-7-19/h2-4,6-7,20-24,28H,5,8-18H2,1H3. The lowest BCUT2D eigenvalue weighted by molar-refractivity contribution is -0.147. The summed E-state index contributed by atoms with van der Waals surface area (Å²) in [6, 6.07) is 11.3. The maximum Gasteiger partial charge on any atom is 0.310 e. The van der Waals surface area contributed by atoms with Crippen LogP contribution >= 0.6 is 0 Å². The van der Waals surface area contributed by atoms with E-state index in [-0.39, 0.29) is 29.0 Å². The highest BCUT2D eigenvalue weighted by Gasteiger charge is 2.65. The molecule has 3 saturated heterocycles. The summed E-state index contributed by atoms with van der Waals surface area (Å²) in [4.78, 5) is 15.4. The molecule has 1 spiro atoms. The minimum Gasteiger partial charge on any atom is -0.462 e. The number of rotatable bonds is 5. The van der Waals surface area contributed by atoms with E-state index in [4.69, 9.17) is 9.47 Å². The molecule has 6 unspecified atom stereocenters. The molecule has 5 fully saturated rings. The SMILES string of the molecule is CC12CCCC3(CO3)C1CC1C(C2)OC(=O)C1CNC1CCN(Cc2ccccc2)CC1. The number of ether oxygens (including phenoxy) is 2. The van der Waals surface area contributed by atoms with E-state index in [1.54, 1.807) is 0 Å². The van der Waals surface area contributed by atoms with Crippen LogP contribution < -0.4 is 5.32 Å². The van der Waals surface area contributed by atoms with Crippen molar-refractivity contribution in [3.8, 4) is 0 Å². The maximum absolute atomic E-state index is 12.9. The van der Waals surface area contributed by atoms with Crippen molar-refractivity contribution in [2.45, 2.75) is 76.2 Å². The number of carbonyl (C=O) groups excluding carboxylic acids is 1. The Morgan fingerprint density at radius 1 is 1.16 bits per heavy atom. The molecule has 0 amide bonds.